The SMILES string of the molecule is COc1ccc(Br)cc1C(=O)CCC(=O)NCCC(=O)O. The number of carbonyl (C=O) groups is 3. The van der Waals surface area contributed by atoms with E-state index in [1.54, 1.807) is 18.2 Å². The van der Waals surface area contributed by atoms with E-state index >= 15 is 0 Å². The molecule has 0 aromatic heterocycles. The molecular formula is C14H16BrNO5. The molecule has 0 saturated heterocycles. The number of ketones is 1. The van der Waals surface area contributed by atoms with E-state index in [1.807, 2.05) is 0 Å². The number of amides is 1. The molecule has 1 rings (SSSR count). The quantitative estimate of drug-likeness (QED) is 0.694. The lowest BCUT2D eigenvalue weighted by Gasteiger charge is -2.08. The third-order valence-corrected chi connectivity index (χ3v) is 3.20. The zero-order valence-electron chi connectivity index (χ0n) is 11.5. The number of Topliss-reactive ketones (excluding diaryl/α,β-unsaturated/α-hetero) is 1. The van der Waals surface area contributed by atoms with E-state index < -0.39 is 5.97 Å². The summed E-state index contributed by atoms with van der Waals surface area (Å²) in [4.78, 5) is 33.9. The van der Waals surface area contributed by atoms with E-state index in [2.05, 4.69) is 21.2 Å². The average molecular weight is 358 g/mol. The fraction of sp³-hybridized carbons (Fsp3) is 0.357. The Kier molecular flexibility index (Phi) is 6.87. The molecular weight excluding hydrogens is 342 g/mol. The second-order valence-electron chi connectivity index (χ2n) is 4.26. The summed E-state index contributed by atoms with van der Waals surface area (Å²) in [6, 6.07) is 5.07. The number of methoxy groups -OCH3 is 1. The minimum absolute atomic E-state index is 0.00806. The molecule has 1 aromatic rings. The van der Waals surface area contributed by atoms with Crippen LogP contribution in [0.15, 0.2) is 22.7 Å². The van der Waals surface area contributed by atoms with Crippen LogP contribution in [0.1, 0.15) is 29.6 Å². The molecule has 114 valence electrons. The van der Waals surface area contributed by atoms with Gasteiger partial charge >= 0.3 is 5.97 Å². The summed E-state index contributed by atoms with van der Waals surface area (Å²) in [7, 11) is 1.47. The molecule has 0 bridgehead atoms. The largest absolute Gasteiger partial charge is 0.496 e. The zero-order valence-corrected chi connectivity index (χ0v) is 13.1. The van der Waals surface area contributed by atoms with Crippen LogP contribution in [0.2, 0.25) is 0 Å². The summed E-state index contributed by atoms with van der Waals surface area (Å²) in [5.41, 5.74) is 0.408. The molecule has 2 N–H and O–H groups in total. The predicted octanol–water partition coefficient (Wildman–Crippen LogP) is 2.01. The van der Waals surface area contributed by atoms with Crippen LogP contribution in [-0.4, -0.2) is 36.4 Å². The Balaban J connectivity index is 2.52. The van der Waals surface area contributed by atoms with Crippen molar-refractivity contribution in [2.24, 2.45) is 0 Å². The fourth-order valence-electron chi connectivity index (χ4n) is 1.66. The molecule has 0 aliphatic carbocycles. The van der Waals surface area contributed by atoms with Crippen LogP contribution in [-0.2, 0) is 9.59 Å². The van der Waals surface area contributed by atoms with Gasteiger partial charge in [0.1, 0.15) is 5.75 Å². The van der Waals surface area contributed by atoms with Gasteiger partial charge in [-0.1, -0.05) is 15.9 Å². The van der Waals surface area contributed by atoms with Crippen molar-refractivity contribution in [2.75, 3.05) is 13.7 Å². The first kappa shape index (κ1) is 17.2. The number of carboxylic acid groups (broad SMARTS) is 1. The van der Waals surface area contributed by atoms with Crippen molar-refractivity contribution in [3.8, 4) is 5.75 Å². The van der Waals surface area contributed by atoms with Crippen molar-refractivity contribution in [1.82, 2.24) is 5.32 Å². The lowest BCUT2D eigenvalue weighted by atomic mass is 10.1. The molecule has 0 unspecified atom stereocenters. The first-order chi connectivity index (χ1) is 9.93. The van der Waals surface area contributed by atoms with E-state index in [-0.39, 0.29) is 37.5 Å². The van der Waals surface area contributed by atoms with E-state index in [9.17, 15) is 14.4 Å². The number of hydrogen-bond donors (Lipinski definition) is 2. The van der Waals surface area contributed by atoms with Gasteiger partial charge in [-0.25, -0.2) is 0 Å². The van der Waals surface area contributed by atoms with Crippen molar-refractivity contribution in [3.05, 3.63) is 28.2 Å². The number of hydrogen-bond acceptors (Lipinski definition) is 4. The highest BCUT2D eigenvalue weighted by Gasteiger charge is 2.14. The van der Waals surface area contributed by atoms with Crippen LogP contribution in [0.5, 0.6) is 5.75 Å². The van der Waals surface area contributed by atoms with Gasteiger partial charge in [0.05, 0.1) is 19.1 Å². The smallest absolute Gasteiger partial charge is 0.305 e. The van der Waals surface area contributed by atoms with Crippen LogP contribution in [0, 0.1) is 0 Å². The number of carbonyl (C=O) groups excluding carboxylic acids is 2. The van der Waals surface area contributed by atoms with Crippen molar-refractivity contribution in [1.29, 1.82) is 0 Å². The molecule has 6 nitrogen and oxygen atoms in total. The molecule has 0 fully saturated rings. The van der Waals surface area contributed by atoms with Gasteiger partial charge in [0, 0.05) is 23.9 Å². The van der Waals surface area contributed by atoms with Crippen LogP contribution in [0.25, 0.3) is 0 Å². The monoisotopic (exact) mass is 357 g/mol. The summed E-state index contributed by atoms with van der Waals surface area (Å²) < 4.78 is 5.86. The Labute approximate surface area is 130 Å². The second-order valence-corrected chi connectivity index (χ2v) is 5.18. The summed E-state index contributed by atoms with van der Waals surface area (Å²) >= 11 is 3.28. The summed E-state index contributed by atoms with van der Waals surface area (Å²) in [5.74, 6) is -1.08. The maximum absolute atomic E-state index is 12.1. The Morgan fingerprint density at radius 1 is 1.24 bits per heavy atom. The molecule has 0 atom stereocenters. The summed E-state index contributed by atoms with van der Waals surface area (Å²) in [6.07, 6.45) is -0.0982. The topological polar surface area (TPSA) is 92.7 Å². The maximum Gasteiger partial charge on any atom is 0.305 e. The number of aliphatic carboxylic acids is 1. The van der Waals surface area contributed by atoms with Crippen molar-refractivity contribution in [3.63, 3.8) is 0 Å². The van der Waals surface area contributed by atoms with Gasteiger partial charge < -0.3 is 15.2 Å². The highest BCUT2D eigenvalue weighted by atomic mass is 79.9. The van der Waals surface area contributed by atoms with Crippen LogP contribution in [0.4, 0.5) is 0 Å². The number of rotatable bonds is 8. The molecule has 1 amide bonds. The van der Waals surface area contributed by atoms with Crippen LogP contribution >= 0.6 is 15.9 Å². The maximum atomic E-state index is 12.1. The van der Waals surface area contributed by atoms with Crippen molar-refractivity contribution in [2.45, 2.75) is 19.3 Å². The van der Waals surface area contributed by atoms with Gasteiger partial charge in [0.25, 0.3) is 0 Å². The van der Waals surface area contributed by atoms with Crippen LogP contribution in [0.3, 0.4) is 0 Å². The number of benzene rings is 1. The molecule has 0 aliphatic heterocycles. The van der Waals surface area contributed by atoms with Crippen molar-refractivity contribution < 1.29 is 24.2 Å². The zero-order chi connectivity index (χ0) is 15.8. The third-order valence-electron chi connectivity index (χ3n) is 2.70. The Bertz CT molecular complexity index is 544. The first-order valence-corrected chi connectivity index (χ1v) is 7.08. The second kappa shape index (κ2) is 8.41. The molecule has 0 heterocycles. The standard InChI is InChI=1S/C14H16BrNO5/c1-21-12-4-2-9(15)8-10(12)11(17)3-5-13(18)16-7-6-14(19)20/h2,4,8H,3,5-7H2,1H3,(H,16,18)(H,19,20). The van der Waals surface area contributed by atoms with Gasteiger partial charge in [-0.2, -0.15) is 0 Å². The fourth-order valence-corrected chi connectivity index (χ4v) is 2.02. The van der Waals surface area contributed by atoms with E-state index in [1.165, 1.54) is 7.11 Å². The molecule has 7 heteroatoms. The highest BCUT2D eigenvalue weighted by molar-refractivity contribution is 9.10. The molecule has 1 aromatic carbocycles. The van der Waals surface area contributed by atoms with E-state index in [0.29, 0.717) is 11.3 Å². The Morgan fingerprint density at radius 3 is 2.57 bits per heavy atom. The van der Waals surface area contributed by atoms with Gasteiger partial charge in [-0.15, -0.1) is 0 Å². The minimum atomic E-state index is -0.981. The third kappa shape index (κ3) is 5.95. The highest BCUT2D eigenvalue weighted by Crippen LogP contribution is 2.24. The van der Waals surface area contributed by atoms with Gasteiger partial charge in [0.15, 0.2) is 5.78 Å². The molecule has 21 heavy (non-hydrogen) atoms. The van der Waals surface area contributed by atoms with Crippen LogP contribution < -0.4 is 10.1 Å². The van der Waals surface area contributed by atoms with Crippen molar-refractivity contribution >= 4 is 33.6 Å². The normalized spacial score (nSPS) is 10.0. The van der Waals surface area contributed by atoms with Gasteiger partial charge in [-0.3, -0.25) is 14.4 Å². The number of ether oxygens (including phenoxy) is 1. The lowest BCUT2D eigenvalue weighted by molar-refractivity contribution is -0.136. The number of carboxylic acids is 1. The molecule has 0 radical (unpaired) electrons. The van der Waals surface area contributed by atoms with Gasteiger partial charge in [0.2, 0.25) is 5.91 Å². The number of nitrogens with one attached hydrogen (secondary N) is 1. The number of halogens is 1. The Morgan fingerprint density at radius 2 is 1.95 bits per heavy atom. The minimum Gasteiger partial charge on any atom is -0.496 e. The van der Waals surface area contributed by atoms with E-state index in [0.717, 1.165) is 4.47 Å². The Hall–Kier alpha value is -1.89. The molecule has 0 spiro atoms. The molecule has 0 saturated carbocycles. The average Bonchev–Trinajstić information content (AvgIpc) is 2.44. The predicted molar refractivity (Wildman–Crippen MR) is 79.5 cm³/mol. The van der Waals surface area contributed by atoms with E-state index in [4.69, 9.17) is 9.84 Å². The summed E-state index contributed by atoms with van der Waals surface area (Å²) in [6.45, 7) is 0.0581. The van der Waals surface area contributed by atoms with Gasteiger partial charge in [-0.05, 0) is 18.2 Å². The molecule has 0 aliphatic rings. The lowest BCUT2D eigenvalue weighted by Crippen LogP contribution is -2.26. The first-order valence-electron chi connectivity index (χ1n) is 6.29. The summed E-state index contributed by atoms with van der Waals surface area (Å²) in [5, 5.41) is 10.9.